The summed E-state index contributed by atoms with van der Waals surface area (Å²) in [6.07, 6.45) is 10.4. The molecule has 2 aliphatic carbocycles. The molecule has 1 amide bonds. The Hall–Kier alpha value is -1.09. The molecule has 1 heterocycles. The van der Waals surface area contributed by atoms with Gasteiger partial charge in [0.1, 0.15) is 5.15 Å². The molecule has 108 valence electrons. The van der Waals surface area contributed by atoms with Crippen LogP contribution in [0, 0.1) is 5.92 Å². The van der Waals surface area contributed by atoms with Crippen LogP contribution in [0.2, 0.25) is 5.15 Å². The summed E-state index contributed by atoms with van der Waals surface area (Å²) in [5.74, 6) is 0.813. The summed E-state index contributed by atoms with van der Waals surface area (Å²) in [5.41, 5.74) is 0.674. The van der Waals surface area contributed by atoms with Gasteiger partial charge in [-0.2, -0.15) is 0 Å². The van der Waals surface area contributed by atoms with Gasteiger partial charge in [-0.05, 0) is 43.7 Å². The van der Waals surface area contributed by atoms with Crippen LogP contribution in [0.4, 0.5) is 0 Å². The van der Waals surface area contributed by atoms with Crippen LogP contribution in [0.5, 0.6) is 0 Å². The predicted molar refractivity (Wildman–Crippen MR) is 79.9 cm³/mol. The van der Waals surface area contributed by atoms with Crippen molar-refractivity contribution in [2.24, 2.45) is 5.92 Å². The van der Waals surface area contributed by atoms with Crippen molar-refractivity contribution in [1.29, 1.82) is 0 Å². The highest BCUT2D eigenvalue weighted by Crippen LogP contribution is 2.32. The summed E-state index contributed by atoms with van der Waals surface area (Å²) in [4.78, 5) is 18.7. The average molecular weight is 293 g/mol. The molecule has 3 nitrogen and oxygen atoms in total. The van der Waals surface area contributed by atoms with E-state index in [1.165, 1.54) is 32.1 Å². The lowest BCUT2D eigenvalue weighted by atomic mass is 9.89. The second-order valence-corrected chi connectivity index (χ2v) is 6.45. The molecular formula is C16H21ClN2O. The van der Waals surface area contributed by atoms with Gasteiger partial charge in [0.25, 0.3) is 5.91 Å². The molecular weight excluding hydrogens is 272 g/mol. The molecule has 0 saturated heterocycles. The van der Waals surface area contributed by atoms with Crippen LogP contribution in [-0.2, 0) is 0 Å². The second kappa shape index (κ2) is 6.13. The van der Waals surface area contributed by atoms with Crippen molar-refractivity contribution < 1.29 is 4.79 Å². The summed E-state index contributed by atoms with van der Waals surface area (Å²) >= 11 is 5.90. The monoisotopic (exact) mass is 292 g/mol. The van der Waals surface area contributed by atoms with E-state index in [9.17, 15) is 4.79 Å². The first kappa shape index (κ1) is 13.9. The molecule has 0 atom stereocenters. The van der Waals surface area contributed by atoms with Gasteiger partial charge in [0, 0.05) is 24.3 Å². The Balaban J connectivity index is 1.71. The Morgan fingerprint density at radius 2 is 2.00 bits per heavy atom. The van der Waals surface area contributed by atoms with E-state index in [0.717, 1.165) is 19.4 Å². The first-order valence-corrected chi connectivity index (χ1v) is 8.04. The quantitative estimate of drug-likeness (QED) is 0.788. The van der Waals surface area contributed by atoms with Gasteiger partial charge in [0.05, 0.1) is 0 Å². The van der Waals surface area contributed by atoms with Gasteiger partial charge in [-0.15, -0.1) is 0 Å². The summed E-state index contributed by atoms with van der Waals surface area (Å²) in [6.45, 7) is 0.920. The molecule has 4 heteroatoms. The van der Waals surface area contributed by atoms with E-state index in [1.807, 2.05) is 0 Å². The largest absolute Gasteiger partial charge is 0.335 e. The minimum absolute atomic E-state index is 0.127. The lowest BCUT2D eigenvalue weighted by Gasteiger charge is -2.30. The van der Waals surface area contributed by atoms with E-state index in [-0.39, 0.29) is 5.91 Å². The Morgan fingerprint density at radius 1 is 1.25 bits per heavy atom. The highest BCUT2D eigenvalue weighted by molar-refractivity contribution is 6.29. The fourth-order valence-electron chi connectivity index (χ4n) is 3.13. The van der Waals surface area contributed by atoms with Gasteiger partial charge < -0.3 is 4.90 Å². The summed E-state index contributed by atoms with van der Waals surface area (Å²) in [5, 5.41) is 0.393. The molecule has 20 heavy (non-hydrogen) atoms. The van der Waals surface area contributed by atoms with E-state index >= 15 is 0 Å². The molecule has 1 aromatic heterocycles. The molecule has 0 aromatic carbocycles. The molecule has 0 aliphatic heterocycles. The van der Waals surface area contributed by atoms with Gasteiger partial charge in [-0.25, -0.2) is 4.98 Å². The van der Waals surface area contributed by atoms with Crippen molar-refractivity contribution in [2.75, 3.05) is 6.54 Å². The van der Waals surface area contributed by atoms with Crippen LogP contribution in [0.3, 0.4) is 0 Å². The Bertz CT molecular complexity index is 481. The first-order chi connectivity index (χ1) is 9.74. The number of nitrogens with zero attached hydrogens (tertiary/aromatic N) is 2. The fourth-order valence-corrected chi connectivity index (χ4v) is 3.31. The summed E-state index contributed by atoms with van der Waals surface area (Å²) in [6, 6.07) is 3.90. The highest BCUT2D eigenvalue weighted by atomic mass is 35.5. The predicted octanol–water partition coefficient (Wildman–Crippen LogP) is 3.92. The van der Waals surface area contributed by atoms with E-state index in [1.54, 1.807) is 18.3 Å². The van der Waals surface area contributed by atoms with Gasteiger partial charge >= 0.3 is 0 Å². The average Bonchev–Trinajstić information content (AvgIpc) is 3.30. The smallest absolute Gasteiger partial charge is 0.254 e. The maximum Gasteiger partial charge on any atom is 0.254 e. The van der Waals surface area contributed by atoms with Crippen molar-refractivity contribution in [3.05, 3.63) is 29.0 Å². The van der Waals surface area contributed by atoms with Crippen molar-refractivity contribution in [3.63, 3.8) is 0 Å². The third-order valence-electron chi connectivity index (χ3n) is 4.40. The third kappa shape index (κ3) is 3.32. The number of halogens is 1. The molecule has 0 N–H and O–H groups in total. The zero-order valence-electron chi connectivity index (χ0n) is 11.7. The Kier molecular flexibility index (Phi) is 4.25. The third-order valence-corrected chi connectivity index (χ3v) is 4.61. The number of carbonyl (C=O) groups excluding carboxylic acids is 1. The first-order valence-electron chi connectivity index (χ1n) is 7.66. The topological polar surface area (TPSA) is 33.2 Å². The lowest BCUT2D eigenvalue weighted by molar-refractivity contribution is 0.0699. The number of aromatic nitrogens is 1. The van der Waals surface area contributed by atoms with Gasteiger partial charge in [-0.1, -0.05) is 30.9 Å². The molecule has 2 aliphatic rings. The lowest BCUT2D eigenvalue weighted by Crippen LogP contribution is -2.37. The SMILES string of the molecule is O=C(c1ccnc(Cl)c1)N(CC1CCCCC1)C1CC1. The van der Waals surface area contributed by atoms with Crippen LogP contribution in [-0.4, -0.2) is 28.4 Å². The van der Waals surface area contributed by atoms with Gasteiger partial charge in [0.15, 0.2) is 0 Å². The van der Waals surface area contributed by atoms with E-state index < -0.39 is 0 Å². The Labute approximate surface area is 125 Å². The maximum absolute atomic E-state index is 12.7. The number of hydrogen-bond acceptors (Lipinski definition) is 2. The Morgan fingerprint density at radius 3 is 2.65 bits per heavy atom. The standard InChI is InChI=1S/C16H21ClN2O/c17-15-10-13(8-9-18-15)16(20)19(14-6-7-14)11-12-4-2-1-3-5-12/h8-10,12,14H,1-7,11H2. The van der Waals surface area contributed by atoms with Crippen LogP contribution >= 0.6 is 11.6 Å². The molecule has 3 rings (SSSR count). The molecule has 2 fully saturated rings. The molecule has 0 bridgehead atoms. The highest BCUT2D eigenvalue weighted by Gasteiger charge is 2.34. The molecule has 0 radical (unpaired) electrons. The van der Waals surface area contributed by atoms with Crippen LogP contribution in [0.15, 0.2) is 18.3 Å². The summed E-state index contributed by atoms with van der Waals surface area (Å²) in [7, 11) is 0. The maximum atomic E-state index is 12.7. The summed E-state index contributed by atoms with van der Waals surface area (Å²) < 4.78 is 0. The number of pyridine rings is 1. The van der Waals surface area contributed by atoms with Crippen molar-refractivity contribution >= 4 is 17.5 Å². The molecule has 0 unspecified atom stereocenters. The molecule has 1 aromatic rings. The van der Waals surface area contributed by atoms with E-state index in [0.29, 0.717) is 22.7 Å². The van der Waals surface area contributed by atoms with Crippen LogP contribution < -0.4 is 0 Å². The van der Waals surface area contributed by atoms with Crippen molar-refractivity contribution in [1.82, 2.24) is 9.88 Å². The van der Waals surface area contributed by atoms with Crippen molar-refractivity contribution in [3.8, 4) is 0 Å². The fraction of sp³-hybridized carbons (Fsp3) is 0.625. The number of carbonyl (C=O) groups is 1. The number of hydrogen-bond donors (Lipinski definition) is 0. The van der Waals surface area contributed by atoms with Gasteiger partial charge in [0.2, 0.25) is 0 Å². The zero-order valence-corrected chi connectivity index (χ0v) is 12.5. The molecule has 2 saturated carbocycles. The minimum Gasteiger partial charge on any atom is -0.335 e. The number of amides is 1. The van der Waals surface area contributed by atoms with Crippen LogP contribution in [0.25, 0.3) is 0 Å². The number of rotatable bonds is 4. The van der Waals surface area contributed by atoms with E-state index in [2.05, 4.69) is 9.88 Å². The zero-order chi connectivity index (χ0) is 13.9. The van der Waals surface area contributed by atoms with Crippen LogP contribution in [0.1, 0.15) is 55.3 Å². The molecule has 0 spiro atoms. The van der Waals surface area contributed by atoms with Gasteiger partial charge in [-0.3, -0.25) is 4.79 Å². The second-order valence-electron chi connectivity index (χ2n) is 6.06. The van der Waals surface area contributed by atoms with E-state index in [4.69, 9.17) is 11.6 Å². The normalized spacial score (nSPS) is 19.9. The minimum atomic E-state index is 0.127. The van der Waals surface area contributed by atoms with Crippen molar-refractivity contribution in [2.45, 2.75) is 51.0 Å².